The lowest BCUT2D eigenvalue weighted by atomic mass is 10.00. The Hall–Kier alpha value is -1.64. The van der Waals surface area contributed by atoms with Crippen LogP contribution in [0.2, 0.25) is 0 Å². The van der Waals surface area contributed by atoms with E-state index >= 15 is 0 Å². The molecule has 2 aliphatic rings. The van der Waals surface area contributed by atoms with E-state index in [0.717, 1.165) is 6.42 Å². The Labute approximate surface area is 88.8 Å². The predicted molar refractivity (Wildman–Crippen MR) is 56.9 cm³/mol. The first-order valence-corrected chi connectivity index (χ1v) is 5.07. The van der Waals surface area contributed by atoms with Crippen molar-refractivity contribution in [2.75, 3.05) is 0 Å². The molecule has 0 unspecified atom stereocenters. The molecule has 0 aromatic rings. The highest BCUT2D eigenvalue weighted by molar-refractivity contribution is 6.21. The first-order chi connectivity index (χ1) is 7.16. The Morgan fingerprint density at radius 2 is 2.20 bits per heavy atom. The van der Waals surface area contributed by atoms with Crippen LogP contribution in [0.15, 0.2) is 36.0 Å². The van der Waals surface area contributed by atoms with Gasteiger partial charge < -0.3 is 0 Å². The maximum absolute atomic E-state index is 11.9. The summed E-state index contributed by atoms with van der Waals surface area (Å²) in [6, 6.07) is -0.232. The zero-order valence-electron chi connectivity index (χ0n) is 8.69. The second-order valence-corrected chi connectivity index (χ2v) is 3.79. The van der Waals surface area contributed by atoms with Crippen LogP contribution in [0.4, 0.5) is 0 Å². The second-order valence-electron chi connectivity index (χ2n) is 3.79. The fourth-order valence-corrected chi connectivity index (χ4v) is 1.93. The number of carbonyl (C=O) groups excluding carboxylic acids is 2. The van der Waals surface area contributed by atoms with Crippen LogP contribution in [0, 0.1) is 0 Å². The molecule has 0 N–H and O–H groups in total. The highest BCUT2D eigenvalue weighted by Crippen LogP contribution is 2.30. The first-order valence-electron chi connectivity index (χ1n) is 5.07. The Balaban J connectivity index is 2.38. The summed E-state index contributed by atoms with van der Waals surface area (Å²) in [6.45, 7) is 5.41. The molecule has 0 bridgehead atoms. The highest BCUT2D eigenvalue weighted by Gasteiger charge is 2.38. The molecular formula is C12H13NO2. The topological polar surface area (TPSA) is 37.4 Å². The molecular weight excluding hydrogens is 190 g/mol. The van der Waals surface area contributed by atoms with Crippen LogP contribution in [-0.2, 0) is 9.59 Å². The molecule has 78 valence electrons. The normalized spacial score (nSPS) is 22.1. The number of allylic oxidation sites excluding steroid dienone is 1. The summed E-state index contributed by atoms with van der Waals surface area (Å²) in [4.78, 5) is 25.1. The van der Waals surface area contributed by atoms with Crippen molar-refractivity contribution in [2.45, 2.75) is 25.8 Å². The highest BCUT2D eigenvalue weighted by atomic mass is 16.2. The van der Waals surface area contributed by atoms with E-state index in [0.29, 0.717) is 17.6 Å². The van der Waals surface area contributed by atoms with E-state index in [1.54, 1.807) is 19.1 Å². The van der Waals surface area contributed by atoms with Gasteiger partial charge in [-0.15, -0.1) is 6.58 Å². The zero-order valence-corrected chi connectivity index (χ0v) is 8.69. The molecule has 2 rings (SSSR count). The van der Waals surface area contributed by atoms with Gasteiger partial charge in [0, 0.05) is 11.1 Å². The van der Waals surface area contributed by atoms with Crippen molar-refractivity contribution in [1.82, 2.24) is 4.90 Å². The fourth-order valence-electron chi connectivity index (χ4n) is 1.93. The van der Waals surface area contributed by atoms with Gasteiger partial charge in [-0.2, -0.15) is 0 Å². The van der Waals surface area contributed by atoms with Gasteiger partial charge in [0.05, 0.1) is 6.04 Å². The monoisotopic (exact) mass is 203 g/mol. The van der Waals surface area contributed by atoms with Gasteiger partial charge in [-0.05, 0) is 19.8 Å². The fraction of sp³-hybridized carbons (Fsp3) is 0.333. The Morgan fingerprint density at radius 3 is 2.80 bits per heavy atom. The van der Waals surface area contributed by atoms with Crippen LogP contribution in [0.3, 0.4) is 0 Å². The van der Waals surface area contributed by atoms with Crippen molar-refractivity contribution in [3.8, 4) is 0 Å². The zero-order chi connectivity index (χ0) is 11.0. The van der Waals surface area contributed by atoms with Gasteiger partial charge in [-0.3, -0.25) is 14.5 Å². The molecule has 15 heavy (non-hydrogen) atoms. The lowest BCUT2D eigenvalue weighted by molar-refractivity contribution is -0.138. The van der Waals surface area contributed by atoms with Crippen LogP contribution in [-0.4, -0.2) is 22.8 Å². The van der Waals surface area contributed by atoms with Crippen LogP contribution in [0.5, 0.6) is 0 Å². The number of hydrogen-bond donors (Lipinski definition) is 0. The second kappa shape index (κ2) is 3.50. The van der Waals surface area contributed by atoms with Crippen molar-refractivity contribution in [3.63, 3.8) is 0 Å². The number of nitrogens with zero attached hydrogens (tertiary/aromatic N) is 1. The molecule has 0 radical (unpaired) electrons. The van der Waals surface area contributed by atoms with Gasteiger partial charge in [0.25, 0.3) is 11.8 Å². The van der Waals surface area contributed by atoms with E-state index in [1.165, 1.54) is 4.90 Å². The molecule has 0 spiro atoms. The van der Waals surface area contributed by atoms with Crippen molar-refractivity contribution in [2.24, 2.45) is 0 Å². The van der Waals surface area contributed by atoms with Crippen LogP contribution < -0.4 is 0 Å². The maximum Gasteiger partial charge on any atom is 0.261 e. The molecule has 3 nitrogen and oxygen atoms in total. The number of rotatable bonds is 2. The molecule has 0 fully saturated rings. The number of amides is 2. The van der Waals surface area contributed by atoms with Gasteiger partial charge in [-0.1, -0.05) is 18.2 Å². The molecule has 3 heteroatoms. The van der Waals surface area contributed by atoms with Gasteiger partial charge in [-0.25, -0.2) is 0 Å². The van der Waals surface area contributed by atoms with Gasteiger partial charge in [0.15, 0.2) is 0 Å². The summed E-state index contributed by atoms with van der Waals surface area (Å²) in [5.41, 5.74) is 1.23. The quantitative estimate of drug-likeness (QED) is 0.504. The van der Waals surface area contributed by atoms with Crippen molar-refractivity contribution >= 4 is 11.8 Å². The summed E-state index contributed by atoms with van der Waals surface area (Å²) < 4.78 is 0. The third-order valence-corrected chi connectivity index (χ3v) is 2.85. The lowest BCUT2D eigenvalue weighted by Gasteiger charge is -2.19. The van der Waals surface area contributed by atoms with Crippen molar-refractivity contribution < 1.29 is 9.59 Å². The largest absolute Gasteiger partial charge is 0.269 e. The first kappa shape index (κ1) is 9.90. The standard InChI is InChI=1S/C12H13NO2/c1-3-8(2)13-11(14)9-6-4-5-7-10(9)12(13)15/h3-4,6,8H,1,5,7H2,2H3/t8-/m1/s1. The van der Waals surface area contributed by atoms with E-state index in [4.69, 9.17) is 0 Å². The summed E-state index contributed by atoms with van der Waals surface area (Å²) >= 11 is 0. The smallest absolute Gasteiger partial charge is 0.261 e. The van der Waals surface area contributed by atoms with E-state index in [1.807, 2.05) is 6.08 Å². The molecule has 0 aromatic heterocycles. The van der Waals surface area contributed by atoms with Crippen LogP contribution in [0.1, 0.15) is 19.8 Å². The van der Waals surface area contributed by atoms with Crippen molar-refractivity contribution in [3.05, 3.63) is 36.0 Å². The Kier molecular flexibility index (Phi) is 2.31. The molecule has 0 saturated heterocycles. The minimum absolute atomic E-state index is 0.147. The minimum atomic E-state index is -0.232. The third kappa shape index (κ3) is 1.35. The van der Waals surface area contributed by atoms with E-state index in [-0.39, 0.29) is 17.9 Å². The van der Waals surface area contributed by atoms with Crippen LogP contribution >= 0.6 is 0 Å². The third-order valence-electron chi connectivity index (χ3n) is 2.85. The molecule has 1 aliphatic carbocycles. The summed E-state index contributed by atoms with van der Waals surface area (Å²) in [5.74, 6) is -0.329. The number of hydrogen-bond acceptors (Lipinski definition) is 2. The summed E-state index contributed by atoms with van der Waals surface area (Å²) in [5, 5.41) is 0. The van der Waals surface area contributed by atoms with Crippen LogP contribution in [0.25, 0.3) is 0 Å². The SMILES string of the molecule is C=C[C@@H](C)N1C(=O)C2=C(CCC=C2)C1=O. The van der Waals surface area contributed by atoms with Gasteiger partial charge >= 0.3 is 0 Å². The summed E-state index contributed by atoms with van der Waals surface area (Å²) in [6.07, 6.45) is 6.82. The van der Waals surface area contributed by atoms with Gasteiger partial charge in [0.1, 0.15) is 0 Å². The molecule has 0 aromatic carbocycles. The Bertz CT molecular complexity index is 404. The lowest BCUT2D eigenvalue weighted by Crippen LogP contribution is -2.38. The average Bonchev–Trinajstić information content (AvgIpc) is 2.52. The number of carbonyl (C=O) groups is 2. The molecule has 1 atom stereocenters. The number of imide groups is 1. The Morgan fingerprint density at radius 1 is 1.47 bits per heavy atom. The molecule has 2 amide bonds. The van der Waals surface area contributed by atoms with E-state index in [9.17, 15) is 9.59 Å². The van der Waals surface area contributed by atoms with Crippen molar-refractivity contribution in [1.29, 1.82) is 0 Å². The molecule has 0 saturated carbocycles. The maximum atomic E-state index is 11.9. The predicted octanol–water partition coefficient (Wildman–Crippen LogP) is 1.58. The van der Waals surface area contributed by atoms with E-state index in [2.05, 4.69) is 6.58 Å². The van der Waals surface area contributed by atoms with Gasteiger partial charge in [0.2, 0.25) is 0 Å². The minimum Gasteiger partial charge on any atom is -0.269 e. The van der Waals surface area contributed by atoms with E-state index < -0.39 is 0 Å². The average molecular weight is 203 g/mol. The molecule has 1 heterocycles. The summed E-state index contributed by atoms with van der Waals surface area (Å²) in [7, 11) is 0. The molecule has 1 aliphatic heterocycles.